The number of nitrogens with one attached hydrogen (secondary N) is 1. The molecule has 0 aliphatic carbocycles. The number of anilines is 2. The number of aryl methyl sites for hydroxylation is 2. The minimum absolute atomic E-state index is 0.00884. The summed E-state index contributed by atoms with van der Waals surface area (Å²) >= 11 is 0. The van der Waals surface area contributed by atoms with Crippen molar-refractivity contribution in [2.24, 2.45) is 12.8 Å². The van der Waals surface area contributed by atoms with Crippen LogP contribution in [0, 0.1) is 6.92 Å². The average Bonchev–Trinajstić information content (AvgIpc) is 3.00. The van der Waals surface area contributed by atoms with Crippen LogP contribution >= 0.6 is 0 Å². The number of nitrogens with two attached hydrogens (primary N) is 1. The van der Waals surface area contributed by atoms with Crippen molar-refractivity contribution in [3.63, 3.8) is 0 Å². The summed E-state index contributed by atoms with van der Waals surface area (Å²) in [6.07, 6.45) is 1.36. The fraction of sp³-hybridized carbons (Fsp3) is 0.353. The van der Waals surface area contributed by atoms with Gasteiger partial charge in [-0.05, 0) is 36.8 Å². The second-order valence-corrected chi connectivity index (χ2v) is 7.92. The van der Waals surface area contributed by atoms with Crippen LogP contribution in [0.25, 0.3) is 0 Å². The number of benzene rings is 1. The molecule has 26 heavy (non-hydrogen) atoms. The lowest BCUT2D eigenvalue weighted by molar-refractivity contribution is 0.0992. The van der Waals surface area contributed by atoms with Gasteiger partial charge >= 0.3 is 0 Å². The van der Waals surface area contributed by atoms with E-state index in [0.717, 1.165) is 24.3 Å². The molecule has 2 aromatic rings. The average molecular weight is 378 g/mol. The summed E-state index contributed by atoms with van der Waals surface area (Å²) in [6, 6.07) is 6.84. The second-order valence-electron chi connectivity index (χ2n) is 6.24. The number of hydrogen-bond donors (Lipinski definition) is 2. The Morgan fingerprint density at radius 2 is 1.92 bits per heavy atom. The van der Waals surface area contributed by atoms with Gasteiger partial charge in [0.05, 0.1) is 18.9 Å². The number of ether oxygens (including phenoxy) is 1. The van der Waals surface area contributed by atoms with Crippen LogP contribution in [-0.2, 0) is 21.8 Å². The number of rotatable bonds is 5. The maximum Gasteiger partial charge on any atom is 0.265 e. The highest BCUT2D eigenvalue weighted by molar-refractivity contribution is 7.92. The molecule has 3 N–H and O–H groups in total. The Morgan fingerprint density at radius 1 is 1.23 bits per heavy atom. The third-order valence-corrected chi connectivity index (χ3v) is 5.71. The summed E-state index contributed by atoms with van der Waals surface area (Å²) in [5.41, 5.74) is 7.71. The lowest BCUT2D eigenvalue weighted by atomic mass is 10.1. The smallest absolute Gasteiger partial charge is 0.265 e. The number of aromatic nitrogens is 1. The molecule has 1 fully saturated rings. The zero-order chi connectivity index (χ0) is 18.9. The van der Waals surface area contributed by atoms with Gasteiger partial charge in [-0.15, -0.1) is 0 Å². The van der Waals surface area contributed by atoms with Crippen LogP contribution in [0.15, 0.2) is 35.4 Å². The summed E-state index contributed by atoms with van der Waals surface area (Å²) < 4.78 is 34.6. The maximum atomic E-state index is 12.6. The molecular weight excluding hydrogens is 356 g/mol. The minimum atomic E-state index is -3.82. The van der Waals surface area contributed by atoms with Crippen LogP contribution in [0.5, 0.6) is 0 Å². The Morgan fingerprint density at radius 3 is 2.50 bits per heavy atom. The van der Waals surface area contributed by atoms with Crippen molar-refractivity contribution in [3.05, 3.63) is 41.7 Å². The van der Waals surface area contributed by atoms with Gasteiger partial charge in [0.15, 0.2) is 0 Å². The van der Waals surface area contributed by atoms with Crippen LogP contribution < -0.4 is 15.4 Å². The third kappa shape index (κ3) is 3.68. The van der Waals surface area contributed by atoms with Crippen LogP contribution in [0.3, 0.4) is 0 Å². The van der Waals surface area contributed by atoms with Crippen LogP contribution in [-0.4, -0.2) is 45.2 Å². The number of sulfonamides is 1. The van der Waals surface area contributed by atoms with Crippen LogP contribution in [0.2, 0.25) is 0 Å². The Bertz CT molecular complexity index is 930. The normalized spacial score (nSPS) is 15.1. The van der Waals surface area contributed by atoms with E-state index in [4.69, 9.17) is 10.5 Å². The molecule has 0 bridgehead atoms. The number of carbonyl (C=O) groups excluding carboxylic acids is 1. The molecule has 0 saturated carbocycles. The molecule has 1 aromatic heterocycles. The maximum absolute atomic E-state index is 12.6. The highest BCUT2D eigenvalue weighted by Gasteiger charge is 2.21. The van der Waals surface area contributed by atoms with E-state index in [2.05, 4.69) is 9.62 Å². The van der Waals surface area contributed by atoms with E-state index in [1.807, 2.05) is 19.1 Å². The minimum Gasteiger partial charge on any atom is -0.378 e. The third-order valence-electron chi connectivity index (χ3n) is 4.37. The predicted molar refractivity (Wildman–Crippen MR) is 99.0 cm³/mol. The van der Waals surface area contributed by atoms with Crippen molar-refractivity contribution < 1.29 is 17.9 Å². The number of carbonyl (C=O) groups is 1. The summed E-state index contributed by atoms with van der Waals surface area (Å²) in [4.78, 5) is 13.5. The van der Waals surface area contributed by atoms with Gasteiger partial charge in [0.1, 0.15) is 10.6 Å². The first-order valence-electron chi connectivity index (χ1n) is 8.20. The van der Waals surface area contributed by atoms with Crippen molar-refractivity contribution >= 4 is 27.3 Å². The largest absolute Gasteiger partial charge is 0.378 e. The van der Waals surface area contributed by atoms with Crippen molar-refractivity contribution in [1.29, 1.82) is 0 Å². The molecule has 1 aromatic carbocycles. The number of primary amides is 1. The molecule has 140 valence electrons. The number of morpholine rings is 1. The molecule has 0 radical (unpaired) electrons. The lowest BCUT2D eigenvalue weighted by Crippen LogP contribution is -2.36. The first-order valence-corrected chi connectivity index (χ1v) is 9.68. The van der Waals surface area contributed by atoms with Gasteiger partial charge in [0.25, 0.3) is 15.9 Å². The van der Waals surface area contributed by atoms with Gasteiger partial charge in [0.2, 0.25) is 0 Å². The first-order chi connectivity index (χ1) is 12.3. The van der Waals surface area contributed by atoms with Gasteiger partial charge < -0.3 is 19.9 Å². The second kappa shape index (κ2) is 7.00. The predicted octanol–water partition coefficient (Wildman–Crippen LogP) is 1.07. The van der Waals surface area contributed by atoms with E-state index >= 15 is 0 Å². The first kappa shape index (κ1) is 18.3. The topological polar surface area (TPSA) is 107 Å². The number of amides is 1. The van der Waals surface area contributed by atoms with Crippen molar-refractivity contribution in [2.45, 2.75) is 11.8 Å². The van der Waals surface area contributed by atoms with Crippen molar-refractivity contribution in [2.75, 3.05) is 35.9 Å². The summed E-state index contributed by atoms with van der Waals surface area (Å²) in [7, 11) is -2.25. The quantitative estimate of drug-likeness (QED) is 0.809. The number of hydrogen-bond acceptors (Lipinski definition) is 5. The Balaban J connectivity index is 1.83. The Kier molecular flexibility index (Phi) is 4.92. The standard InChI is InChI=1S/C17H22N4O4S/c1-12-9-13(21-5-7-25-8-6-21)3-4-15(12)19-26(23,24)14-10-16(17(18)22)20(2)11-14/h3-4,9-11,19H,5-8H2,1-2H3,(H2,18,22). The molecule has 1 amide bonds. The van der Waals surface area contributed by atoms with Gasteiger partial charge in [-0.3, -0.25) is 9.52 Å². The van der Waals surface area contributed by atoms with E-state index in [-0.39, 0.29) is 10.6 Å². The van der Waals surface area contributed by atoms with Gasteiger partial charge in [-0.2, -0.15) is 0 Å². The molecule has 1 aliphatic rings. The van der Waals surface area contributed by atoms with E-state index < -0.39 is 15.9 Å². The fourth-order valence-corrected chi connectivity index (χ4v) is 4.11. The van der Waals surface area contributed by atoms with Crippen LogP contribution in [0.1, 0.15) is 16.1 Å². The molecule has 2 heterocycles. The molecule has 0 atom stereocenters. The molecule has 9 heteroatoms. The fourth-order valence-electron chi connectivity index (χ4n) is 2.91. The highest BCUT2D eigenvalue weighted by atomic mass is 32.2. The van der Waals surface area contributed by atoms with Gasteiger partial charge in [-0.1, -0.05) is 0 Å². The van der Waals surface area contributed by atoms with Crippen molar-refractivity contribution in [3.8, 4) is 0 Å². The van der Waals surface area contributed by atoms with Crippen LogP contribution in [0.4, 0.5) is 11.4 Å². The molecule has 1 aliphatic heterocycles. The molecule has 1 saturated heterocycles. The Labute approximate surface area is 152 Å². The molecule has 0 unspecified atom stereocenters. The molecular formula is C17H22N4O4S. The van der Waals surface area contributed by atoms with E-state index in [1.54, 1.807) is 13.1 Å². The van der Waals surface area contributed by atoms with Gasteiger partial charge in [-0.25, -0.2) is 8.42 Å². The summed E-state index contributed by atoms with van der Waals surface area (Å²) in [5, 5.41) is 0. The molecule has 0 spiro atoms. The summed E-state index contributed by atoms with van der Waals surface area (Å²) in [5.74, 6) is -0.681. The lowest BCUT2D eigenvalue weighted by Gasteiger charge is -2.29. The molecule has 8 nitrogen and oxygen atoms in total. The Hall–Kier alpha value is -2.52. The zero-order valence-corrected chi connectivity index (χ0v) is 15.5. The van der Waals surface area contributed by atoms with Gasteiger partial charge in [0, 0.05) is 32.0 Å². The SMILES string of the molecule is Cc1cc(N2CCOCC2)ccc1NS(=O)(=O)c1cc(C(N)=O)n(C)c1. The monoisotopic (exact) mass is 378 g/mol. The summed E-state index contributed by atoms with van der Waals surface area (Å²) in [6.45, 7) is 4.84. The highest BCUT2D eigenvalue weighted by Crippen LogP contribution is 2.26. The zero-order valence-electron chi connectivity index (χ0n) is 14.7. The van der Waals surface area contributed by atoms with E-state index in [9.17, 15) is 13.2 Å². The van der Waals surface area contributed by atoms with E-state index in [1.165, 1.54) is 16.8 Å². The number of nitrogens with zero attached hydrogens (tertiary/aromatic N) is 2. The molecule has 3 rings (SSSR count). The van der Waals surface area contributed by atoms with Crippen molar-refractivity contribution in [1.82, 2.24) is 4.57 Å². The van der Waals surface area contributed by atoms with E-state index in [0.29, 0.717) is 18.9 Å².